The summed E-state index contributed by atoms with van der Waals surface area (Å²) in [5, 5.41) is 0.850. The van der Waals surface area contributed by atoms with Gasteiger partial charge < -0.3 is 9.47 Å². The maximum absolute atomic E-state index is 12.3. The zero-order chi connectivity index (χ0) is 21.8. The lowest BCUT2D eigenvalue weighted by Gasteiger charge is -2.14. The number of ether oxygens (including phenoxy) is 2. The van der Waals surface area contributed by atoms with E-state index in [1.807, 2.05) is 0 Å². The molecule has 0 N–H and O–H groups in total. The predicted octanol–water partition coefficient (Wildman–Crippen LogP) is 5.90. The molecule has 0 spiro atoms. The Morgan fingerprint density at radius 3 is 2.60 bits per heavy atom. The fraction of sp³-hybridized carbons (Fsp3) is 0.143. The van der Waals surface area contributed by atoms with E-state index in [9.17, 15) is 9.59 Å². The van der Waals surface area contributed by atoms with Gasteiger partial charge in [-0.3, -0.25) is 14.5 Å². The Kier molecular flexibility index (Phi) is 7.22. The number of nitrogens with zero attached hydrogens (tertiary/aromatic N) is 1. The van der Waals surface area contributed by atoms with Crippen LogP contribution in [0.5, 0.6) is 11.5 Å². The minimum Gasteiger partial charge on any atom is -0.493 e. The minimum absolute atomic E-state index is 0.0773. The summed E-state index contributed by atoms with van der Waals surface area (Å²) in [6, 6.07) is 8.35. The van der Waals surface area contributed by atoms with Gasteiger partial charge in [0, 0.05) is 15.6 Å². The van der Waals surface area contributed by atoms with Gasteiger partial charge in [-0.15, -0.1) is 6.42 Å². The monoisotopic (exact) mass is 481 g/mol. The summed E-state index contributed by atoms with van der Waals surface area (Å²) in [4.78, 5) is 25.5. The molecule has 2 amide bonds. The summed E-state index contributed by atoms with van der Waals surface area (Å²) in [5.41, 5.74) is 1.30. The quantitative estimate of drug-likeness (QED) is 0.379. The number of benzene rings is 2. The Morgan fingerprint density at radius 2 is 1.93 bits per heavy atom. The number of methoxy groups -OCH3 is 1. The van der Waals surface area contributed by atoms with E-state index in [-0.39, 0.29) is 23.1 Å². The molecule has 154 valence electrons. The lowest BCUT2D eigenvalue weighted by molar-refractivity contribution is -0.122. The predicted molar refractivity (Wildman–Crippen MR) is 120 cm³/mol. The number of hydrogen-bond acceptors (Lipinski definition) is 5. The highest BCUT2D eigenvalue weighted by Gasteiger charge is 2.34. The summed E-state index contributed by atoms with van der Waals surface area (Å²) in [7, 11) is 1.47. The number of imide groups is 1. The molecular weight excluding hydrogens is 469 g/mol. The molecule has 1 heterocycles. The zero-order valence-corrected chi connectivity index (χ0v) is 18.7. The molecule has 1 aliphatic heterocycles. The van der Waals surface area contributed by atoms with Crippen molar-refractivity contribution >= 4 is 63.8 Å². The maximum Gasteiger partial charge on any atom is 0.294 e. The Morgan fingerprint density at radius 1 is 1.17 bits per heavy atom. The molecule has 9 heteroatoms. The van der Waals surface area contributed by atoms with Crippen molar-refractivity contribution in [1.29, 1.82) is 0 Å². The van der Waals surface area contributed by atoms with E-state index in [0.717, 1.165) is 22.2 Å². The molecule has 0 atom stereocenters. The summed E-state index contributed by atoms with van der Waals surface area (Å²) in [6.45, 7) is 0.0720. The number of terminal acetylenes is 1. The highest BCUT2D eigenvalue weighted by atomic mass is 35.5. The molecule has 0 bridgehead atoms. The van der Waals surface area contributed by atoms with E-state index < -0.39 is 11.1 Å². The molecule has 0 saturated carbocycles. The van der Waals surface area contributed by atoms with E-state index in [1.165, 1.54) is 7.11 Å². The molecule has 0 radical (unpaired) electrons. The average molecular weight is 483 g/mol. The second-order valence-corrected chi connectivity index (χ2v) is 8.27. The maximum atomic E-state index is 12.3. The first kappa shape index (κ1) is 22.4. The van der Waals surface area contributed by atoms with Crippen molar-refractivity contribution in [3.05, 3.63) is 61.4 Å². The van der Waals surface area contributed by atoms with Gasteiger partial charge in [0.25, 0.3) is 11.1 Å². The van der Waals surface area contributed by atoms with Crippen LogP contribution in [0.4, 0.5) is 4.79 Å². The first-order chi connectivity index (χ1) is 14.3. The van der Waals surface area contributed by atoms with Crippen LogP contribution in [-0.4, -0.2) is 29.7 Å². The van der Waals surface area contributed by atoms with Crippen LogP contribution in [0.1, 0.15) is 11.1 Å². The fourth-order valence-corrected chi connectivity index (χ4v) is 4.21. The second kappa shape index (κ2) is 9.67. The van der Waals surface area contributed by atoms with E-state index in [1.54, 1.807) is 36.4 Å². The lowest BCUT2D eigenvalue weighted by atomic mass is 10.1. The Bertz CT molecular complexity index is 1090. The second-order valence-electron chi connectivity index (χ2n) is 6.03. The largest absolute Gasteiger partial charge is 0.493 e. The Hall–Kier alpha value is -2.30. The van der Waals surface area contributed by atoms with Crippen molar-refractivity contribution in [2.24, 2.45) is 0 Å². The Balaban J connectivity index is 1.85. The summed E-state index contributed by atoms with van der Waals surface area (Å²) < 4.78 is 11.2. The van der Waals surface area contributed by atoms with Crippen molar-refractivity contribution < 1.29 is 19.1 Å². The molecule has 3 rings (SSSR count). The molecule has 1 aliphatic rings. The third-order valence-corrected chi connectivity index (χ3v) is 5.83. The summed E-state index contributed by atoms with van der Waals surface area (Å²) in [6.07, 6.45) is 6.76. The molecular formula is C21H14Cl3NO4S. The molecule has 0 unspecified atom stereocenters. The topological polar surface area (TPSA) is 55.8 Å². The van der Waals surface area contributed by atoms with E-state index >= 15 is 0 Å². The Labute approximate surface area is 192 Å². The van der Waals surface area contributed by atoms with Crippen molar-refractivity contribution in [3.63, 3.8) is 0 Å². The number of carbonyl (C=O) groups excluding carboxylic acids is 2. The molecule has 2 aromatic rings. The SMILES string of the molecule is C#CCN1C(=O)S/C(=C/c2cc(Cl)c(OCc3ccc(Cl)cc3Cl)c(OC)c2)C1=O. The standard InChI is InChI=1S/C21H14Cl3NO4S/c1-3-6-25-20(26)18(30-21(25)27)9-12-7-16(24)19(17(8-12)28-2)29-11-13-4-5-14(22)10-15(13)23/h1,4-5,7-10H,6,11H2,2H3/b18-9+. The average Bonchev–Trinajstić information content (AvgIpc) is 2.95. The van der Waals surface area contributed by atoms with Crippen molar-refractivity contribution in [3.8, 4) is 23.8 Å². The molecule has 30 heavy (non-hydrogen) atoms. The number of carbonyl (C=O) groups is 2. The van der Waals surface area contributed by atoms with Gasteiger partial charge in [0.15, 0.2) is 11.5 Å². The highest BCUT2D eigenvalue weighted by molar-refractivity contribution is 8.18. The molecule has 1 fully saturated rings. The van der Waals surface area contributed by atoms with Crippen LogP contribution in [-0.2, 0) is 11.4 Å². The molecule has 1 saturated heterocycles. The number of hydrogen-bond donors (Lipinski definition) is 0. The van der Waals surface area contributed by atoms with Crippen LogP contribution in [0.25, 0.3) is 6.08 Å². The number of halogens is 3. The normalized spacial score (nSPS) is 14.9. The first-order valence-corrected chi connectivity index (χ1v) is 10.4. The van der Waals surface area contributed by atoms with Crippen LogP contribution >= 0.6 is 46.6 Å². The van der Waals surface area contributed by atoms with Crippen LogP contribution in [0, 0.1) is 12.3 Å². The van der Waals surface area contributed by atoms with Crippen molar-refractivity contribution in [2.75, 3.05) is 13.7 Å². The van der Waals surface area contributed by atoms with Gasteiger partial charge in [-0.1, -0.05) is 46.8 Å². The number of amides is 2. The first-order valence-electron chi connectivity index (χ1n) is 8.47. The van der Waals surface area contributed by atoms with Gasteiger partial charge in [0.2, 0.25) is 0 Å². The number of thioether (sulfide) groups is 1. The minimum atomic E-state index is -0.448. The van der Waals surface area contributed by atoms with Crippen LogP contribution < -0.4 is 9.47 Å². The zero-order valence-electron chi connectivity index (χ0n) is 15.6. The van der Waals surface area contributed by atoms with Gasteiger partial charge in [0.05, 0.1) is 23.6 Å². The van der Waals surface area contributed by atoms with Crippen LogP contribution in [0.15, 0.2) is 35.2 Å². The third-order valence-electron chi connectivity index (χ3n) is 4.06. The smallest absolute Gasteiger partial charge is 0.294 e. The van der Waals surface area contributed by atoms with E-state index in [4.69, 9.17) is 50.7 Å². The molecule has 2 aromatic carbocycles. The highest BCUT2D eigenvalue weighted by Crippen LogP contribution is 2.39. The van der Waals surface area contributed by atoms with Gasteiger partial charge in [-0.05, 0) is 47.7 Å². The van der Waals surface area contributed by atoms with Crippen LogP contribution in [0.3, 0.4) is 0 Å². The van der Waals surface area contributed by atoms with Gasteiger partial charge >= 0.3 is 0 Å². The van der Waals surface area contributed by atoms with Crippen molar-refractivity contribution in [1.82, 2.24) is 4.90 Å². The third kappa shape index (κ3) is 4.88. The van der Waals surface area contributed by atoms with E-state index in [0.29, 0.717) is 27.1 Å². The molecule has 0 aromatic heterocycles. The van der Waals surface area contributed by atoms with Gasteiger partial charge in [-0.2, -0.15) is 0 Å². The molecule has 0 aliphatic carbocycles. The molecule has 5 nitrogen and oxygen atoms in total. The van der Waals surface area contributed by atoms with E-state index in [2.05, 4.69) is 5.92 Å². The van der Waals surface area contributed by atoms with Crippen molar-refractivity contribution in [2.45, 2.75) is 6.61 Å². The van der Waals surface area contributed by atoms with Gasteiger partial charge in [0.1, 0.15) is 6.61 Å². The lowest BCUT2D eigenvalue weighted by Crippen LogP contribution is -2.28. The number of rotatable bonds is 6. The fourth-order valence-electron chi connectivity index (χ4n) is 2.63. The van der Waals surface area contributed by atoms with Crippen LogP contribution in [0.2, 0.25) is 15.1 Å². The summed E-state index contributed by atoms with van der Waals surface area (Å²) >= 11 is 19.3. The summed E-state index contributed by atoms with van der Waals surface area (Å²) in [5.74, 6) is 2.53. The van der Waals surface area contributed by atoms with Gasteiger partial charge in [-0.25, -0.2) is 0 Å².